The van der Waals surface area contributed by atoms with E-state index < -0.39 is 6.10 Å². The first-order valence-electron chi connectivity index (χ1n) is 14.0. The van der Waals surface area contributed by atoms with E-state index in [4.69, 9.17) is 5.11 Å². The second kappa shape index (κ2) is 18.7. The molecule has 3 rings (SSSR count). The van der Waals surface area contributed by atoms with E-state index in [0.29, 0.717) is 12.3 Å². The second-order valence-electron chi connectivity index (χ2n) is 10.4. The first-order chi connectivity index (χ1) is 19.0. The predicted octanol–water partition coefficient (Wildman–Crippen LogP) is 9.55. The number of benzene rings is 2. The lowest BCUT2D eigenvalue weighted by Gasteiger charge is -2.40. The van der Waals surface area contributed by atoms with E-state index in [1.54, 1.807) is 24.3 Å². The lowest BCUT2D eigenvalue weighted by Crippen LogP contribution is -2.45. The molecule has 0 aliphatic carbocycles. The summed E-state index contributed by atoms with van der Waals surface area (Å²) >= 11 is 0. The Bertz CT molecular complexity index is 1120. The minimum atomic E-state index is -0.462. The molecule has 1 fully saturated rings. The molecule has 0 aromatic heterocycles. The van der Waals surface area contributed by atoms with Crippen LogP contribution in [0.2, 0.25) is 0 Å². The van der Waals surface area contributed by atoms with Gasteiger partial charge in [0.25, 0.3) is 0 Å². The second-order valence-corrected chi connectivity index (χ2v) is 10.4. The minimum absolute atomic E-state index is 0.0572. The lowest BCUT2D eigenvalue weighted by atomic mass is 9.94. The summed E-state index contributed by atoms with van der Waals surface area (Å²) in [4.78, 5) is 2.43. The Balaban J connectivity index is 0.000000313. The van der Waals surface area contributed by atoms with Crippen LogP contribution in [0.15, 0.2) is 115 Å². The van der Waals surface area contributed by atoms with Gasteiger partial charge in [-0.3, -0.25) is 0 Å². The van der Waals surface area contributed by atoms with Crippen LogP contribution in [-0.2, 0) is 0 Å². The van der Waals surface area contributed by atoms with Crippen LogP contribution in [0.1, 0.15) is 72.0 Å². The highest BCUT2D eigenvalue weighted by atomic mass is 19.1. The molecule has 3 unspecified atom stereocenters. The van der Waals surface area contributed by atoms with Gasteiger partial charge in [0.2, 0.25) is 0 Å². The Hall–Kier alpha value is -3.57. The average molecular weight is 550 g/mol. The van der Waals surface area contributed by atoms with E-state index in [1.807, 2.05) is 26.8 Å². The van der Waals surface area contributed by atoms with Gasteiger partial charge in [-0.05, 0) is 99.9 Å². The van der Waals surface area contributed by atoms with Gasteiger partial charge >= 0.3 is 0 Å². The summed E-state index contributed by atoms with van der Waals surface area (Å²) in [7, 11) is 0. The molecule has 40 heavy (non-hydrogen) atoms. The van der Waals surface area contributed by atoms with Crippen molar-refractivity contribution in [2.24, 2.45) is 5.92 Å². The number of aliphatic hydroxyl groups is 3. The fourth-order valence-electron chi connectivity index (χ4n) is 4.25. The van der Waals surface area contributed by atoms with Gasteiger partial charge in [-0.25, -0.2) is 4.39 Å². The number of para-hydroxylation sites is 1. The average Bonchev–Trinajstić information content (AvgIpc) is 2.92. The number of aliphatic hydroxyl groups excluding tert-OH is 3. The van der Waals surface area contributed by atoms with Gasteiger partial charge in [-0.1, -0.05) is 75.1 Å². The van der Waals surface area contributed by atoms with Gasteiger partial charge in [0.1, 0.15) is 17.3 Å². The van der Waals surface area contributed by atoms with Crippen LogP contribution >= 0.6 is 0 Å². The first-order valence-corrected chi connectivity index (χ1v) is 14.0. The molecule has 0 radical (unpaired) electrons. The third-order valence-corrected chi connectivity index (χ3v) is 6.67. The number of rotatable bonds is 10. The highest BCUT2D eigenvalue weighted by Crippen LogP contribution is 2.25. The first kappa shape index (κ1) is 34.5. The van der Waals surface area contributed by atoms with E-state index in [9.17, 15) is 14.6 Å². The van der Waals surface area contributed by atoms with E-state index >= 15 is 0 Å². The fourth-order valence-corrected chi connectivity index (χ4v) is 4.25. The summed E-state index contributed by atoms with van der Waals surface area (Å²) in [6, 6.07) is 17.3. The Morgan fingerprint density at radius 2 is 1.70 bits per heavy atom. The van der Waals surface area contributed by atoms with Crippen molar-refractivity contribution in [3.8, 4) is 0 Å². The van der Waals surface area contributed by atoms with Gasteiger partial charge in [0.05, 0.1) is 6.10 Å². The zero-order chi connectivity index (χ0) is 30.1. The molecular formula is C35H48FNO3. The van der Waals surface area contributed by atoms with Crippen molar-refractivity contribution in [3.05, 3.63) is 126 Å². The van der Waals surface area contributed by atoms with Crippen LogP contribution in [0.4, 0.5) is 10.1 Å². The van der Waals surface area contributed by atoms with Crippen LogP contribution in [-0.4, -0.2) is 27.9 Å². The Labute approximate surface area is 241 Å². The highest BCUT2D eigenvalue weighted by molar-refractivity contribution is 5.49. The number of halogens is 1. The number of nitrogens with zero attached hydrogens (tertiary/aromatic N) is 1. The molecule has 0 bridgehead atoms. The van der Waals surface area contributed by atoms with Crippen LogP contribution in [0.25, 0.3) is 0 Å². The van der Waals surface area contributed by atoms with Crippen molar-refractivity contribution in [3.63, 3.8) is 0 Å². The maximum Gasteiger partial charge on any atom is 0.123 e. The third kappa shape index (κ3) is 13.5. The molecule has 3 N–H and O–H groups in total. The molecule has 2 aromatic rings. The van der Waals surface area contributed by atoms with Gasteiger partial charge in [-0.15, -0.1) is 0 Å². The van der Waals surface area contributed by atoms with Gasteiger partial charge < -0.3 is 20.2 Å². The molecule has 4 nitrogen and oxygen atoms in total. The molecule has 2 aromatic carbocycles. The maximum absolute atomic E-state index is 12.4. The van der Waals surface area contributed by atoms with Crippen molar-refractivity contribution in [2.45, 2.75) is 72.4 Å². The smallest absolute Gasteiger partial charge is 0.123 e. The summed E-state index contributed by atoms with van der Waals surface area (Å²) in [6.45, 7) is 18.4. The standard InChI is InChI=1S/C16H24O2.C10H13N.C9H11FO/c1-6-16(18)14(4)11-13(3)10-12(2)8-7-9-15(5)17;1-9-7-8-11(9)10-5-3-2-4-6-10;1-2-9(11)7-3-5-8(10)6-4-7/h6-9,13,17-18H,1,5,10-11H2,2-4H3;2-6,9H,7-8H2,1H3;3-6,9,11H,2H2,1H3/b9-7-,12-8+,16-14+;;. The topological polar surface area (TPSA) is 63.9 Å². The molecule has 0 saturated carbocycles. The molecule has 1 heterocycles. The van der Waals surface area contributed by atoms with Gasteiger partial charge in [-0.2, -0.15) is 0 Å². The van der Waals surface area contributed by atoms with Crippen molar-refractivity contribution in [1.29, 1.82) is 0 Å². The number of anilines is 1. The van der Waals surface area contributed by atoms with Crippen LogP contribution < -0.4 is 4.90 Å². The molecule has 0 amide bonds. The fraction of sp³-hybridized carbons (Fsp3) is 0.371. The van der Waals surface area contributed by atoms with Crippen LogP contribution in [0.5, 0.6) is 0 Å². The lowest BCUT2D eigenvalue weighted by molar-refractivity contribution is 0.173. The highest BCUT2D eigenvalue weighted by Gasteiger charge is 2.22. The molecule has 218 valence electrons. The summed E-state index contributed by atoms with van der Waals surface area (Å²) in [5.41, 5.74) is 4.33. The molecule has 1 aliphatic rings. The summed E-state index contributed by atoms with van der Waals surface area (Å²) < 4.78 is 12.4. The van der Waals surface area contributed by atoms with Crippen molar-refractivity contribution in [1.82, 2.24) is 0 Å². The van der Waals surface area contributed by atoms with E-state index in [2.05, 4.69) is 62.2 Å². The monoisotopic (exact) mass is 549 g/mol. The van der Waals surface area contributed by atoms with Crippen LogP contribution in [0, 0.1) is 11.7 Å². The molecular weight excluding hydrogens is 501 g/mol. The van der Waals surface area contributed by atoms with Crippen molar-refractivity contribution >= 4 is 5.69 Å². The minimum Gasteiger partial charge on any atom is -0.509 e. The Kier molecular flexibility index (Phi) is 16.1. The zero-order valence-corrected chi connectivity index (χ0v) is 24.9. The van der Waals surface area contributed by atoms with Gasteiger partial charge in [0.15, 0.2) is 0 Å². The zero-order valence-electron chi connectivity index (χ0n) is 24.9. The summed E-state index contributed by atoms with van der Waals surface area (Å²) in [5, 5.41) is 27.7. The predicted molar refractivity (Wildman–Crippen MR) is 168 cm³/mol. The SMILES string of the molecule is C=C/C(O)=C(/C)CC(C)C/C(C)=C/C=C\C(=C)O.CC1CCN1c1ccccc1.CCC(O)c1ccc(F)cc1. The number of hydrogen-bond donors (Lipinski definition) is 3. The molecule has 5 heteroatoms. The normalized spacial score (nSPS) is 16.8. The molecule has 0 spiro atoms. The quantitative estimate of drug-likeness (QED) is 0.204. The van der Waals surface area contributed by atoms with E-state index in [1.165, 1.54) is 42.4 Å². The molecule has 1 saturated heterocycles. The van der Waals surface area contributed by atoms with E-state index in [-0.39, 0.29) is 17.3 Å². The van der Waals surface area contributed by atoms with Crippen molar-refractivity contribution < 1.29 is 19.7 Å². The van der Waals surface area contributed by atoms with Crippen molar-refractivity contribution in [2.75, 3.05) is 11.4 Å². The summed E-state index contributed by atoms with van der Waals surface area (Å²) in [6.07, 6.45) is 10.1. The number of allylic oxidation sites excluding steroid dienone is 6. The third-order valence-electron chi connectivity index (χ3n) is 6.67. The van der Waals surface area contributed by atoms with Gasteiger partial charge in [0, 0.05) is 18.3 Å². The van der Waals surface area contributed by atoms with E-state index in [0.717, 1.165) is 30.0 Å². The maximum atomic E-state index is 12.4. The number of hydrogen-bond acceptors (Lipinski definition) is 4. The Morgan fingerprint density at radius 1 is 1.07 bits per heavy atom. The molecule has 1 aliphatic heterocycles. The largest absolute Gasteiger partial charge is 0.509 e. The summed E-state index contributed by atoms with van der Waals surface area (Å²) in [5.74, 6) is 0.521. The molecule has 3 atom stereocenters. The Morgan fingerprint density at radius 3 is 2.17 bits per heavy atom. The van der Waals surface area contributed by atoms with Crippen LogP contribution in [0.3, 0.4) is 0 Å².